The fourth-order valence-corrected chi connectivity index (χ4v) is 3.53. The lowest BCUT2D eigenvalue weighted by Gasteiger charge is -2.38. The van der Waals surface area contributed by atoms with Crippen LogP contribution in [0.15, 0.2) is 0 Å². The normalized spacial score (nSPS) is 24.9. The third-order valence-corrected chi connectivity index (χ3v) is 5.32. The van der Waals surface area contributed by atoms with Gasteiger partial charge in [-0.15, -0.1) is 0 Å². The van der Waals surface area contributed by atoms with Crippen molar-refractivity contribution in [2.24, 2.45) is 11.8 Å². The molecular formula is C17H31N3O2. The van der Waals surface area contributed by atoms with Gasteiger partial charge in [-0.1, -0.05) is 13.8 Å². The Hall–Kier alpha value is -1.10. The number of likely N-dealkylation sites (tertiary alicyclic amines) is 1. The molecule has 22 heavy (non-hydrogen) atoms. The summed E-state index contributed by atoms with van der Waals surface area (Å²) >= 11 is 0. The molecule has 0 saturated carbocycles. The summed E-state index contributed by atoms with van der Waals surface area (Å²) in [6, 6.07) is 0.356. The van der Waals surface area contributed by atoms with Crippen LogP contribution in [-0.2, 0) is 9.59 Å². The average molecular weight is 309 g/mol. The SMILES string of the molecule is CCC(C)C(=O)N1CCCC(C(=O)N(C)C2CCNCC2)C1. The molecule has 2 fully saturated rings. The van der Waals surface area contributed by atoms with Crippen LogP contribution in [0.4, 0.5) is 0 Å². The van der Waals surface area contributed by atoms with E-state index in [2.05, 4.69) is 5.32 Å². The highest BCUT2D eigenvalue weighted by atomic mass is 16.2. The van der Waals surface area contributed by atoms with Crippen molar-refractivity contribution in [1.82, 2.24) is 15.1 Å². The van der Waals surface area contributed by atoms with Crippen LogP contribution in [-0.4, -0.2) is 60.9 Å². The van der Waals surface area contributed by atoms with Crippen molar-refractivity contribution in [1.29, 1.82) is 0 Å². The Morgan fingerprint density at radius 1 is 1.27 bits per heavy atom. The molecular weight excluding hydrogens is 278 g/mol. The van der Waals surface area contributed by atoms with Gasteiger partial charge in [-0.05, 0) is 45.2 Å². The van der Waals surface area contributed by atoms with Gasteiger partial charge in [-0.25, -0.2) is 0 Å². The standard InChI is InChI=1S/C17H31N3O2/c1-4-13(2)16(21)20-11-5-6-14(12-20)17(22)19(3)15-7-9-18-10-8-15/h13-15,18H,4-12H2,1-3H3. The Morgan fingerprint density at radius 2 is 1.95 bits per heavy atom. The van der Waals surface area contributed by atoms with Gasteiger partial charge in [0.25, 0.3) is 0 Å². The van der Waals surface area contributed by atoms with E-state index < -0.39 is 0 Å². The lowest BCUT2D eigenvalue weighted by Crippen LogP contribution is -2.50. The molecule has 2 aliphatic rings. The smallest absolute Gasteiger partial charge is 0.227 e. The second-order valence-corrected chi connectivity index (χ2v) is 6.86. The van der Waals surface area contributed by atoms with Gasteiger partial charge in [-0.2, -0.15) is 0 Å². The molecule has 5 nitrogen and oxygen atoms in total. The highest BCUT2D eigenvalue weighted by Gasteiger charge is 2.33. The quantitative estimate of drug-likeness (QED) is 0.856. The van der Waals surface area contributed by atoms with Crippen LogP contribution < -0.4 is 5.32 Å². The summed E-state index contributed by atoms with van der Waals surface area (Å²) < 4.78 is 0. The Morgan fingerprint density at radius 3 is 2.59 bits per heavy atom. The summed E-state index contributed by atoms with van der Waals surface area (Å²) in [5.74, 6) is 0.496. The van der Waals surface area contributed by atoms with E-state index in [9.17, 15) is 9.59 Å². The van der Waals surface area contributed by atoms with E-state index in [1.165, 1.54) is 0 Å². The molecule has 1 N–H and O–H groups in total. The van der Waals surface area contributed by atoms with Crippen molar-refractivity contribution in [2.75, 3.05) is 33.2 Å². The summed E-state index contributed by atoms with van der Waals surface area (Å²) in [5, 5.41) is 3.34. The van der Waals surface area contributed by atoms with Crippen LogP contribution in [0.2, 0.25) is 0 Å². The largest absolute Gasteiger partial charge is 0.342 e. The van der Waals surface area contributed by atoms with Gasteiger partial charge in [0.2, 0.25) is 11.8 Å². The Kier molecular flexibility index (Phi) is 6.24. The number of carbonyl (C=O) groups is 2. The molecule has 0 radical (unpaired) electrons. The molecule has 2 rings (SSSR count). The molecule has 0 spiro atoms. The van der Waals surface area contributed by atoms with E-state index in [0.29, 0.717) is 12.6 Å². The van der Waals surface area contributed by atoms with E-state index in [-0.39, 0.29) is 23.7 Å². The fraction of sp³-hybridized carbons (Fsp3) is 0.882. The first-order valence-corrected chi connectivity index (χ1v) is 8.80. The van der Waals surface area contributed by atoms with Gasteiger partial charge in [0, 0.05) is 32.1 Å². The molecule has 2 heterocycles. The van der Waals surface area contributed by atoms with Crippen LogP contribution >= 0.6 is 0 Å². The maximum Gasteiger partial charge on any atom is 0.227 e. The molecule has 2 unspecified atom stereocenters. The van der Waals surface area contributed by atoms with Crippen LogP contribution in [0.1, 0.15) is 46.0 Å². The predicted octanol–water partition coefficient (Wildman–Crippen LogP) is 1.48. The van der Waals surface area contributed by atoms with Crippen molar-refractivity contribution in [3.05, 3.63) is 0 Å². The summed E-state index contributed by atoms with van der Waals surface area (Å²) in [6.45, 7) is 7.42. The second kappa shape index (κ2) is 7.95. The summed E-state index contributed by atoms with van der Waals surface area (Å²) in [5.41, 5.74) is 0. The Balaban J connectivity index is 1.93. The predicted molar refractivity (Wildman–Crippen MR) is 87.4 cm³/mol. The van der Waals surface area contributed by atoms with Crippen molar-refractivity contribution in [3.63, 3.8) is 0 Å². The van der Waals surface area contributed by atoms with E-state index in [1.54, 1.807) is 0 Å². The van der Waals surface area contributed by atoms with Crippen molar-refractivity contribution < 1.29 is 9.59 Å². The molecule has 2 amide bonds. The lowest BCUT2D eigenvalue weighted by molar-refractivity contribution is -0.143. The third-order valence-electron chi connectivity index (χ3n) is 5.32. The molecule has 2 saturated heterocycles. The van der Waals surface area contributed by atoms with Gasteiger partial charge in [0.15, 0.2) is 0 Å². The van der Waals surface area contributed by atoms with Crippen LogP contribution in [0, 0.1) is 11.8 Å². The number of hydrogen-bond donors (Lipinski definition) is 1. The topological polar surface area (TPSA) is 52.7 Å². The molecule has 0 aromatic heterocycles. The zero-order valence-corrected chi connectivity index (χ0v) is 14.3. The minimum Gasteiger partial charge on any atom is -0.342 e. The summed E-state index contributed by atoms with van der Waals surface area (Å²) in [6.07, 6.45) is 4.79. The first kappa shape index (κ1) is 17.3. The molecule has 2 aliphatic heterocycles. The molecule has 0 aromatic rings. The summed E-state index contributed by atoms with van der Waals surface area (Å²) in [7, 11) is 1.94. The van der Waals surface area contributed by atoms with Gasteiger partial charge >= 0.3 is 0 Å². The Bertz CT molecular complexity index is 393. The number of piperidine rings is 2. The number of rotatable bonds is 4. The maximum absolute atomic E-state index is 12.8. The Labute approximate surface area is 134 Å². The number of nitrogens with zero attached hydrogens (tertiary/aromatic N) is 2. The van der Waals surface area contributed by atoms with Crippen LogP contribution in [0.5, 0.6) is 0 Å². The first-order chi connectivity index (χ1) is 10.5. The third kappa shape index (κ3) is 4.00. The highest BCUT2D eigenvalue weighted by Crippen LogP contribution is 2.23. The lowest BCUT2D eigenvalue weighted by atomic mass is 9.93. The van der Waals surface area contributed by atoms with Crippen LogP contribution in [0.25, 0.3) is 0 Å². The van der Waals surface area contributed by atoms with Crippen molar-refractivity contribution in [3.8, 4) is 0 Å². The van der Waals surface area contributed by atoms with E-state index >= 15 is 0 Å². The maximum atomic E-state index is 12.8. The van der Waals surface area contributed by atoms with Crippen molar-refractivity contribution in [2.45, 2.75) is 52.0 Å². The fourth-order valence-electron chi connectivity index (χ4n) is 3.53. The molecule has 0 aliphatic carbocycles. The number of carbonyl (C=O) groups excluding carboxylic acids is 2. The highest BCUT2D eigenvalue weighted by molar-refractivity contribution is 5.82. The zero-order valence-electron chi connectivity index (χ0n) is 14.3. The number of hydrogen-bond acceptors (Lipinski definition) is 3. The molecule has 0 bridgehead atoms. The molecule has 0 aromatic carbocycles. The number of nitrogens with one attached hydrogen (secondary N) is 1. The zero-order chi connectivity index (χ0) is 16.1. The van der Waals surface area contributed by atoms with Gasteiger partial charge in [0.1, 0.15) is 0 Å². The summed E-state index contributed by atoms with van der Waals surface area (Å²) in [4.78, 5) is 29.0. The monoisotopic (exact) mass is 309 g/mol. The van der Waals surface area contributed by atoms with E-state index in [4.69, 9.17) is 0 Å². The van der Waals surface area contributed by atoms with E-state index in [0.717, 1.165) is 51.7 Å². The second-order valence-electron chi connectivity index (χ2n) is 6.86. The van der Waals surface area contributed by atoms with Gasteiger partial charge < -0.3 is 15.1 Å². The molecule has 5 heteroatoms. The molecule has 126 valence electrons. The minimum atomic E-state index is -0.0124. The average Bonchev–Trinajstić information content (AvgIpc) is 2.59. The number of amides is 2. The minimum absolute atomic E-state index is 0.0124. The van der Waals surface area contributed by atoms with Gasteiger partial charge in [0.05, 0.1) is 5.92 Å². The van der Waals surface area contributed by atoms with Crippen molar-refractivity contribution >= 4 is 11.8 Å². The first-order valence-electron chi connectivity index (χ1n) is 8.80. The van der Waals surface area contributed by atoms with E-state index in [1.807, 2.05) is 30.7 Å². The van der Waals surface area contributed by atoms with Gasteiger partial charge in [-0.3, -0.25) is 9.59 Å². The molecule has 2 atom stereocenters. The van der Waals surface area contributed by atoms with Crippen LogP contribution in [0.3, 0.4) is 0 Å².